The Kier molecular flexibility index (Phi) is 3.52. The molecule has 0 aromatic heterocycles. The van der Waals surface area contributed by atoms with Gasteiger partial charge in [-0.25, -0.2) is 0 Å². The first-order chi connectivity index (χ1) is 10.4. The topological polar surface area (TPSA) is 29.1 Å². The van der Waals surface area contributed by atoms with Crippen LogP contribution < -0.4 is 5.32 Å². The van der Waals surface area contributed by atoms with E-state index in [9.17, 15) is 4.79 Å². The van der Waals surface area contributed by atoms with Crippen molar-refractivity contribution in [3.63, 3.8) is 0 Å². The van der Waals surface area contributed by atoms with E-state index in [-0.39, 0.29) is 11.3 Å². The Morgan fingerprint density at radius 2 is 2.00 bits per heavy atom. The summed E-state index contributed by atoms with van der Waals surface area (Å²) >= 11 is 2.59. The van der Waals surface area contributed by atoms with Crippen LogP contribution in [0.5, 0.6) is 0 Å². The van der Waals surface area contributed by atoms with E-state index < -0.39 is 0 Å². The summed E-state index contributed by atoms with van der Waals surface area (Å²) < 4.78 is 1.61. The van der Waals surface area contributed by atoms with Crippen LogP contribution in [0.15, 0.2) is 21.3 Å². The number of carbonyl (C=O) groups is 1. The molecule has 2 fully saturated rings. The molecule has 3 heteroatoms. The molecule has 0 spiro atoms. The fourth-order valence-corrected chi connectivity index (χ4v) is 7.00. The van der Waals surface area contributed by atoms with Gasteiger partial charge in [-0.3, -0.25) is 4.79 Å². The summed E-state index contributed by atoms with van der Waals surface area (Å²) in [4.78, 5) is 11.9. The van der Waals surface area contributed by atoms with Gasteiger partial charge in [0.25, 0.3) is 0 Å². The number of fused-ring (bicyclic) bond motifs is 5. The van der Waals surface area contributed by atoms with Crippen LogP contribution in [0.4, 0.5) is 0 Å². The molecule has 2 nitrogen and oxygen atoms in total. The number of hydrogen-bond donors (Lipinski definition) is 1. The third-order valence-electron chi connectivity index (χ3n) is 7.47. The van der Waals surface area contributed by atoms with Crippen molar-refractivity contribution < 1.29 is 4.79 Å². The molecule has 0 radical (unpaired) electrons. The Bertz CT molecular complexity index is 580. The second-order valence-corrected chi connectivity index (χ2v) is 9.45. The monoisotopic (exact) mass is 411 g/mol. The van der Waals surface area contributed by atoms with Crippen LogP contribution in [0.3, 0.4) is 0 Å². The molecule has 3 aliphatic carbocycles. The Morgan fingerprint density at radius 1 is 1.18 bits per heavy atom. The first-order valence-electron chi connectivity index (χ1n) is 8.80. The van der Waals surface area contributed by atoms with Crippen molar-refractivity contribution >= 4 is 28.5 Å². The average molecular weight is 411 g/mol. The minimum atomic E-state index is 0.134. The van der Waals surface area contributed by atoms with Gasteiger partial charge in [-0.2, -0.15) is 0 Å². The lowest BCUT2D eigenvalue weighted by atomic mass is 9.48. The molecule has 2 saturated carbocycles. The maximum atomic E-state index is 11.9. The van der Waals surface area contributed by atoms with Crippen LogP contribution >= 0.6 is 22.6 Å². The van der Waals surface area contributed by atoms with Crippen molar-refractivity contribution in [1.29, 1.82) is 0 Å². The normalized spacial score (nSPS) is 47.4. The number of rotatable bonds is 0. The molecule has 1 heterocycles. The molecule has 0 saturated heterocycles. The van der Waals surface area contributed by atoms with Crippen molar-refractivity contribution in [2.24, 2.45) is 28.6 Å². The van der Waals surface area contributed by atoms with Gasteiger partial charge >= 0.3 is 0 Å². The van der Waals surface area contributed by atoms with Gasteiger partial charge in [-0.05, 0) is 87.9 Å². The minimum absolute atomic E-state index is 0.134. The highest BCUT2D eigenvalue weighted by molar-refractivity contribution is 14.1. The highest BCUT2D eigenvalue weighted by Crippen LogP contribution is 2.65. The molecule has 120 valence electrons. The second kappa shape index (κ2) is 5.09. The van der Waals surface area contributed by atoms with E-state index in [2.05, 4.69) is 47.8 Å². The molecule has 1 N–H and O–H groups in total. The van der Waals surface area contributed by atoms with Crippen LogP contribution in [0, 0.1) is 28.6 Å². The van der Waals surface area contributed by atoms with Crippen molar-refractivity contribution in [2.75, 3.05) is 6.54 Å². The van der Waals surface area contributed by atoms with E-state index in [1.54, 1.807) is 3.58 Å². The van der Waals surface area contributed by atoms with Gasteiger partial charge in [0.2, 0.25) is 5.91 Å². The number of halogens is 1. The van der Waals surface area contributed by atoms with Gasteiger partial charge in [0.05, 0.1) is 0 Å². The maximum absolute atomic E-state index is 11.9. The predicted molar refractivity (Wildman–Crippen MR) is 97.6 cm³/mol. The second-order valence-electron chi connectivity index (χ2n) is 8.29. The Morgan fingerprint density at radius 3 is 2.82 bits per heavy atom. The first kappa shape index (κ1) is 15.2. The van der Waals surface area contributed by atoms with Gasteiger partial charge < -0.3 is 5.32 Å². The lowest BCUT2D eigenvalue weighted by molar-refractivity contribution is -0.116. The van der Waals surface area contributed by atoms with Crippen LogP contribution in [-0.2, 0) is 4.79 Å². The number of allylic oxidation sites excluding steroid dienone is 3. The largest absolute Gasteiger partial charge is 0.353 e. The summed E-state index contributed by atoms with van der Waals surface area (Å²) in [6.07, 6.45) is 11.9. The third-order valence-corrected chi connectivity index (χ3v) is 9.14. The third kappa shape index (κ3) is 1.99. The minimum Gasteiger partial charge on any atom is -0.353 e. The number of carbonyl (C=O) groups excluding carboxylic acids is 1. The summed E-state index contributed by atoms with van der Waals surface area (Å²) in [6, 6.07) is 0. The zero-order chi connectivity index (χ0) is 15.5. The zero-order valence-corrected chi connectivity index (χ0v) is 15.8. The summed E-state index contributed by atoms with van der Waals surface area (Å²) in [5.74, 6) is 2.59. The quantitative estimate of drug-likeness (QED) is 0.580. The van der Waals surface area contributed by atoms with Gasteiger partial charge in [-0.15, -0.1) is 0 Å². The van der Waals surface area contributed by atoms with E-state index in [1.165, 1.54) is 31.3 Å². The number of hydrogen-bond acceptors (Lipinski definition) is 1. The predicted octanol–water partition coefficient (Wildman–Crippen LogP) is 4.60. The van der Waals surface area contributed by atoms with E-state index >= 15 is 0 Å². The van der Waals surface area contributed by atoms with Gasteiger partial charge in [0, 0.05) is 18.0 Å². The molecule has 1 amide bonds. The lowest BCUT2D eigenvalue weighted by Gasteiger charge is -2.56. The van der Waals surface area contributed by atoms with Gasteiger partial charge in [-0.1, -0.05) is 25.5 Å². The standard InChI is InChI=1S/C19H26INO/c1-18-9-10-21-17(22)11-12(18)3-4-13-14-5-6-16(20)19(14,2)8-7-15(13)18/h6,11,13-15H,3-5,7-10H2,1-2H3,(H,21,22)/t13-,14-,15-,18-,19-/m0/s1. The molecule has 0 unspecified atom stereocenters. The number of nitrogens with one attached hydrogen (secondary N) is 1. The van der Waals surface area contributed by atoms with E-state index in [1.807, 2.05) is 6.08 Å². The van der Waals surface area contributed by atoms with Crippen molar-refractivity contribution in [2.45, 2.75) is 52.4 Å². The van der Waals surface area contributed by atoms with Crippen LogP contribution in [0.25, 0.3) is 0 Å². The Hall–Kier alpha value is -0.320. The molecule has 0 aromatic rings. The molecule has 0 bridgehead atoms. The molecule has 1 aliphatic heterocycles. The van der Waals surface area contributed by atoms with Gasteiger partial charge in [0.15, 0.2) is 0 Å². The smallest absolute Gasteiger partial charge is 0.243 e. The fourth-order valence-electron chi connectivity index (χ4n) is 6.08. The molecule has 4 rings (SSSR count). The molecule has 22 heavy (non-hydrogen) atoms. The van der Waals surface area contributed by atoms with E-state index in [0.29, 0.717) is 5.41 Å². The maximum Gasteiger partial charge on any atom is 0.243 e. The van der Waals surface area contributed by atoms with Crippen molar-refractivity contribution in [1.82, 2.24) is 5.32 Å². The Balaban J connectivity index is 1.69. The zero-order valence-electron chi connectivity index (χ0n) is 13.6. The van der Waals surface area contributed by atoms with Crippen LogP contribution in [-0.4, -0.2) is 12.5 Å². The molecular formula is C19H26INO. The van der Waals surface area contributed by atoms with Crippen LogP contribution in [0.2, 0.25) is 0 Å². The van der Waals surface area contributed by atoms with Crippen molar-refractivity contribution in [3.8, 4) is 0 Å². The molecule has 5 atom stereocenters. The van der Waals surface area contributed by atoms with Gasteiger partial charge in [0.1, 0.15) is 0 Å². The fraction of sp³-hybridized carbons (Fsp3) is 0.737. The first-order valence-corrected chi connectivity index (χ1v) is 9.88. The summed E-state index contributed by atoms with van der Waals surface area (Å²) in [6.45, 7) is 5.80. The average Bonchev–Trinajstić information content (AvgIpc) is 2.68. The molecular weight excluding hydrogens is 385 g/mol. The summed E-state index contributed by atoms with van der Waals surface area (Å²) in [5, 5.41) is 3.06. The SMILES string of the molecule is C[C@]12CCNC(=O)C=C1CC[C@@H]1[C@@H]2CC[C@]2(C)C(I)=CC[C@@H]12. The van der Waals surface area contributed by atoms with E-state index in [4.69, 9.17) is 0 Å². The highest BCUT2D eigenvalue weighted by Gasteiger charge is 2.56. The van der Waals surface area contributed by atoms with Crippen molar-refractivity contribution in [3.05, 3.63) is 21.3 Å². The van der Waals surface area contributed by atoms with Crippen LogP contribution in [0.1, 0.15) is 52.4 Å². The highest BCUT2D eigenvalue weighted by atomic mass is 127. The molecule has 0 aromatic carbocycles. The number of amides is 1. The summed E-state index contributed by atoms with van der Waals surface area (Å²) in [5.41, 5.74) is 2.13. The summed E-state index contributed by atoms with van der Waals surface area (Å²) in [7, 11) is 0. The lowest BCUT2D eigenvalue weighted by Crippen LogP contribution is -2.49. The molecule has 4 aliphatic rings. The Labute approximate surface area is 147 Å². The van der Waals surface area contributed by atoms with E-state index in [0.717, 1.165) is 37.1 Å².